The van der Waals surface area contributed by atoms with Crippen LogP contribution in [0.25, 0.3) is 0 Å². The van der Waals surface area contributed by atoms with Crippen LogP contribution in [-0.4, -0.2) is 127 Å². The molecule has 2 fully saturated rings. The van der Waals surface area contributed by atoms with Crippen LogP contribution < -0.4 is 10.6 Å². The van der Waals surface area contributed by atoms with Crippen molar-refractivity contribution in [3.8, 4) is 0 Å². The van der Waals surface area contributed by atoms with Crippen LogP contribution in [0.4, 0.5) is 19.2 Å². The lowest BCUT2D eigenvalue weighted by atomic mass is 9.91. The van der Waals surface area contributed by atoms with Crippen molar-refractivity contribution in [2.24, 2.45) is 0 Å². The Balaban J connectivity index is 0.000000467. The monoisotopic (exact) mass is 682 g/mol. The molecule has 0 unspecified atom stereocenters. The molecule has 0 aromatic rings. The summed E-state index contributed by atoms with van der Waals surface area (Å²) in [6.07, 6.45) is -1.42. The summed E-state index contributed by atoms with van der Waals surface area (Å²) in [5.74, 6) is 0. The van der Waals surface area contributed by atoms with Crippen LogP contribution in [0.3, 0.4) is 0 Å². The molecule has 2 aliphatic rings. The van der Waals surface area contributed by atoms with Gasteiger partial charge in [-0.15, -0.1) is 0 Å². The molecule has 0 spiro atoms. The predicted octanol–water partition coefficient (Wildman–Crippen LogP) is 2.97. The standard InChI is InChI=1S/C15H28N2O7S.C14H26N2O5/c1-13(2,3)23-11(18)16-15(10-22-25(7,20)21)8-17(9-15)12(19)24-14(4,5)6;1-12(2,3)20-10(18)15-14(9-17)7-16(8-14)11(19)21-13(4,5)6/h8-10H2,1-7H3,(H,16,18);17H,7-9H2,1-6H3,(H,15,18). The zero-order valence-corrected chi connectivity index (χ0v) is 30.3. The third kappa shape index (κ3) is 15.5. The normalized spacial score (nSPS) is 17.6. The van der Waals surface area contributed by atoms with Crippen molar-refractivity contribution in [2.45, 2.75) is 117 Å². The summed E-state index contributed by atoms with van der Waals surface area (Å²) < 4.78 is 48.2. The molecule has 0 bridgehead atoms. The van der Waals surface area contributed by atoms with Crippen molar-refractivity contribution in [3.63, 3.8) is 0 Å². The van der Waals surface area contributed by atoms with Crippen LogP contribution in [0.1, 0.15) is 83.1 Å². The first-order chi connectivity index (χ1) is 20.4. The maximum atomic E-state index is 12.0. The van der Waals surface area contributed by atoms with Gasteiger partial charge in [-0.25, -0.2) is 19.2 Å². The molecule has 268 valence electrons. The Morgan fingerprint density at radius 2 is 0.935 bits per heavy atom. The highest BCUT2D eigenvalue weighted by Crippen LogP contribution is 2.26. The number of hydrogen-bond acceptors (Lipinski definition) is 12. The molecule has 0 aromatic heterocycles. The molecule has 4 amide bonds. The highest BCUT2D eigenvalue weighted by Gasteiger charge is 2.50. The molecule has 2 saturated heterocycles. The van der Waals surface area contributed by atoms with E-state index in [1.54, 1.807) is 83.1 Å². The summed E-state index contributed by atoms with van der Waals surface area (Å²) in [5, 5.41) is 14.7. The van der Waals surface area contributed by atoms with Gasteiger partial charge in [-0.05, 0) is 83.1 Å². The minimum absolute atomic E-state index is 0.0523. The highest BCUT2D eigenvalue weighted by molar-refractivity contribution is 7.85. The Kier molecular flexibility index (Phi) is 12.8. The molecule has 0 aromatic carbocycles. The summed E-state index contributed by atoms with van der Waals surface area (Å²) in [6, 6.07) is 0. The maximum absolute atomic E-state index is 12.0. The van der Waals surface area contributed by atoms with Gasteiger partial charge in [0.05, 0.1) is 45.6 Å². The number of ether oxygens (including phenoxy) is 4. The average molecular weight is 683 g/mol. The molecule has 2 aliphatic heterocycles. The summed E-state index contributed by atoms with van der Waals surface area (Å²) >= 11 is 0. The first-order valence-corrected chi connectivity index (χ1v) is 16.6. The third-order valence-corrected chi connectivity index (χ3v) is 6.21. The van der Waals surface area contributed by atoms with Gasteiger partial charge in [0.1, 0.15) is 33.5 Å². The Bertz CT molecular complexity index is 1200. The van der Waals surface area contributed by atoms with E-state index in [0.717, 1.165) is 6.26 Å². The number of aliphatic hydroxyl groups excluding tert-OH is 1. The average Bonchev–Trinajstić information content (AvgIpc) is 2.72. The number of aliphatic hydroxyl groups is 1. The number of likely N-dealkylation sites (tertiary alicyclic amines) is 2. The molecule has 16 nitrogen and oxygen atoms in total. The van der Waals surface area contributed by atoms with Gasteiger partial charge >= 0.3 is 24.4 Å². The fourth-order valence-electron chi connectivity index (χ4n) is 3.97. The van der Waals surface area contributed by atoms with E-state index in [0.29, 0.717) is 0 Å². The fourth-order valence-corrected chi connectivity index (χ4v) is 4.40. The lowest BCUT2D eigenvalue weighted by molar-refractivity contribution is -0.0358. The smallest absolute Gasteiger partial charge is 0.410 e. The molecular formula is C29H54N4O12S. The second-order valence-electron chi connectivity index (χ2n) is 15.6. The van der Waals surface area contributed by atoms with Crippen molar-refractivity contribution in [1.29, 1.82) is 0 Å². The highest BCUT2D eigenvalue weighted by atomic mass is 32.2. The van der Waals surface area contributed by atoms with Gasteiger partial charge in [-0.2, -0.15) is 8.42 Å². The van der Waals surface area contributed by atoms with Gasteiger partial charge in [0.25, 0.3) is 10.1 Å². The first kappa shape index (κ1) is 41.0. The van der Waals surface area contributed by atoms with Gasteiger partial charge in [0, 0.05) is 0 Å². The second-order valence-corrected chi connectivity index (χ2v) is 17.3. The SMILES string of the molecule is CC(C)(C)OC(=O)NC1(CO)CN(C(=O)OC(C)(C)C)C1.CC(C)(C)OC(=O)NC1(COS(C)(=O)=O)CN(C(=O)OC(C)(C)C)C1. The summed E-state index contributed by atoms with van der Waals surface area (Å²) in [4.78, 5) is 50.4. The van der Waals surface area contributed by atoms with Crippen LogP contribution in [0.2, 0.25) is 0 Å². The van der Waals surface area contributed by atoms with Crippen LogP contribution in [-0.2, 0) is 33.2 Å². The third-order valence-electron chi connectivity index (χ3n) is 5.66. The number of nitrogens with zero attached hydrogens (tertiary/aromatic N) is 2. The van der Waals surface area contributed by atoms with Gasteiger partial charge < -0.3 is 44.5 Å². The van der Waals surface area contributed by atoms with E-state index in [-0.39, 0.29) is 39.4 Å². The number of amides is 4. The van der Waals surface area contributed by atoms with Gasteiger partial charge in [0.15, 0.2) is 0 Å². The van der Waals surface area contributed by atoms with Crippen LogP contribution in [0.15, 0.2) is 0 Å². The fraction of sp³-hybridized carbons (Fsp3) is 0.862. The quantitative estimate of drug-likeness (QED) is 0.274. The van der Waals surface area contributed by atoms with Crippen molar-refractivity contribution < 1.29 is 55.8 Å². The van der Waals surface area contributed by atoms with Gasteiger partial charge in [0.2, 0.25) is 0 Å². The van der Waals surface area contributed by atoms with Crippen LogP contribution in [0, 0.1) is 0 Å². The Morgan fingerprint density at radius 3 is 1.22 bits per heavy atom. The predicted molar refractivity (Wildman–Crippen MR) is 168 cm³/mol. The second kappa shape index (κ2) is 14.4. The first-order valence-electron chi connectivity index (χ1n) is 14.8. The number of nitrogens with one attached hydrogen (secondary N) is 2. The van der Waals surface area contributed by atoms with Gasteiger partial charge in [-0.1, -0.05) is 0 Å². The topological polar surface area (TPSA) is 199 Å². The van der Waals surface area contributed by atoms with E-state index >= 15 is 0 Å². The maximum Gasteiger partial charge on any atom is 0.410 e. The number of carbonyl (C=O) groups excluding carboxylic acids is 4. The number of carbonyl (C=O) groups is 4. The molecule has 2 heterocycles. The minimum atomic E-state index is -3.70. The Labute approximate surface area is 272 Å². The molecule has 46 heavy (non-hydrogen) atoms. The molecular weight excluding hydrogens is 628 g/mol. The molecule has 2 rings (SSSR count). The van der Waals surface area contributed by atoms with E-state index < -0.39 is 68.0 Å². The number of alkyl carbamates (subject to hydrolysis) is 2. The molecule has 17 heteroatoms. The van der Waals surface area contributed by atoms with Crippen molar-refractivity contribution in [1.82, 2.24) is 20.4 Å². The minimum Gasteiger partial charge on any atom is -0.444 e. The zero-order valence-electron chi connectivity index (χ0n) is 29.5. The van der Waals surface area contributed by atoms with Crippen molar-refractivity contribution in [2.75, 3.05) is 45.6 Å². The van der Waals surface area contributed by atoms with Crippen molar-refractivity contribution >= 4 is 34.5 Å². The van der Waals surface area contributed by atoms with Gasteiger partial charge in [-0.3, -0.25) is 4.18 Å². The van der Waals surface area contributed by atoms with Crippen LogP contribution >= 0.6 is 0 Å². The van der Waals surface area contributed by atoms with E-state index in [4.69, 9.17) is 23.1 Å². The Hall–Kier alpha value is -3.05. The van der Waals surface area contributed by atoms with E-state index in [2.05, 4.69) is 10.6 Å². The largest absolute Gasteiger partial charge is 0.444 e. The number of hydrogen-bond donors (Lipinski definition) is 3. The van der Waals surface area contributed by atoms with E-state index in [9.17, 15) is 32.7 Å². The molecule has 0 radical (unpaired) electrons. The summed E-state index contributed by atoms with van der Waals surface area (Å²) in [5.41, 5.74) is -4.47. The molecule has 0 saturated carbocycles. The molecule has 0 aliphatic carbocycles. The Morgan fingerprint density at radius 1 is 0.630 bits per heavy atom. The lowest BCUT2D eigenvalue weighted by Crippen LogP contribution is -2.74. The van der Waals surface area contributed by atoms with E-state index in [1.807, 2.05) is 0 Å². The van der Waals surface area contributed by atoms with Crippen molar-refractivity contribution in [3.05, 3.63) is 0 Å². The van der Waals surface area contributed by atoms with Crippen LogP contribution in [0.5, 0.6) is 0 Å². The summed E-state index contributed by atoms with van der Waals surface area (Å²) in [6.45, 7) is 20.9. The lowest BCUT2D eigenvalue weighted by Gasteiger charge is -2.49. The molecule has 0 atom stereocenters. The zero-order chi connectivity index (χ0) is 36.2. The number of rotatable bonds is 6. The summed E-state index contributed by atoms with van der Waals surface area (Å²) in [7, 11) is -3.70. The van der Waals surface area contributed by atoms with E-state index in [1.165, 1.54) is 9.80 Å². The molecule has 3 N–H and O–H groups in total.